The first kappa shape index (κ1) is 20.0. The van der Waals surface area contributed by atoms with Crippen molar-refractivity contribution in [1.82, 2.24) is 0 Å². The van der Waals surface area contributed by atoms with Gasteiger partial charge in [0.15, 0.2) is 0 Å². The number of fused-ring (bicyclic) bond motifs is 1. The van der Waals surface area contributed by atoms with Gasteiger partial charge in [0.05, 0.1) is 11.4 Å². The Kier molecular flexibility index (Phi) is 5.55. The molecular formula is C21H15N3OS5. The van der Waals surface area contributed by atoms with Crippen LogP contribution in [0.25, 0.3) is 0 Å². The molecule has 0 fully saturated rings. The Bertz CT molecular complexity index is 1230. The molecule has 4 nitrogen and oxygen atoms in total. The number of thioether (sulfide) groups is 2. The van der Waals surface area contributed by atoms with Gasteiger partial charge in [-0.2, -0.15) is 5.10 Å². The molecule has 0 aliphatic carbocycles. The number of hydrazone groups is 1. The van der Waals surface area contributed by atoms with E-state index in [1.807, 2.05) is 53.5 Å². The van der Waals surface area contributed by atoms with E-state index in [2.05, 4.69) is 24.0 Å². The summed E-state index contributed by atoms with van der Waals surface area (Å²) in [7, 11) is 2.78. The first-order valence-electron chi connectivity index (χ1n) is 9.21. The van der Waals surface area contributed by atoms with Crippen LogP contribution in [0.1, 0.15) is 12.5 Å². The zero-order valence-electron chi connectivity index (χ0n) is 15.8. The van der Waals surface area contributed by atoms with Crippen molar-refractivity contribution in [3.05, 3.63) is 86.5 Å². The van der Waals surface area contributed by atoms with Gasteiger partial charge in [-0.05, 0) is 41.2 Å². The van der Waals surface area contributed by atoms with Crippen LogP contribution in [0.5, 0.6) is 0 Å². The number of anilines is 2. The van der Waals surface area contributed by atoms with Crippen LogP contribution in [0, 0.1) is 0 Å². The number of hydrogen-bond donors (Lipinski definition) is 0. The van der Waals surface area contributed by atoms with Gasteiger partial charge in [0.2, 0.25) is 0 Å². The Morgan fingerprint density at radius 2 is 1.67 bits per heavy atom. The molecule has 0 radical (unpaired) electrons. The molecule has 30 heavy (non-hydrogen) atoms. The van der Waals surface area contributed by atoms with Gasteiger partial charge < -0.3 is 4.90 Å². The van der Waals surface area contributed by atoms with Crippen molar-refractivity contribution >= 4 is 77.0 Å². The van der Waals surface area contributed by atoms with Crippen molar-refractivity contribution in [1.29, 1.82) is 0 Å². The average molecular weight is 486 g/mol. The third kappa shape index (κ3) is 3.44. The molecular weight excluding hydrogens is 471 g/mol. The number of para-hydroxylation sites is 1. The molecule has 2 aromatic carbocycles. The van der Waals surface area contributed by atoms with Gasteiger partial charge in [-0.25, -0.2) is 5.01 Å². The molecule has 0 spiro atoms. The highest BCUT2D eigenvalue weighted by molar-refractivity contribution is 8.25. The highest BCUT2D eigenvalue weighted by Crippen LogP contribution is 2.48. The third-order valence-electron chi connectivity index (χ3n) is 4.62. The summed E-state index contributed by atoms with van der Waals surface area (Å²) in [5, 5.41) is 8.73. The number of nitrogens with zero attached hydrogens (tertiary/aromatic N) is 3. The molecule has 0 amide bonds. The average Bonchev–Trinajstić information content (AvgIpc) is 3.38. The summed E-state index contributed by atoms with van der Waals surface area (Å²) in [5.41, 5.74) is 3.65. The normalized spacial score (nSPS) is 18.6. The summed E-state index contributed by atoms with van der Waals surface area (Å²) in [6, 6.07) is 20.2. The van der Waals surface area contributed by atoms with Gasteiger partial charge in [-0.15, -0.1) is 0 Å². The molecule has 0 saturated heterocycles. The molecule has 3 heterocycles. The Balaban J connectivity index is 1.69. The van der Waals surface area contributed by atoms with Gasteiger partial charge >= 0.3 is 0 Å². The first-order chi connectivity index (χ1) is 14.7. The Morgan fingerprint density at radius 3 is 2.37 bits per heavy atom. The highest BCUT2D eigenvalue weighted by atomic mass is 32.9. The van der Waals surface area contributed by atoms with E-state index < -0.39 is 0 Å². The second-order valence-electron chi connectivity index (χ2n) is 6.40. The lowest BCUT2D eigenvalue weighted by Crippen LogP contribution is -2.34. The Morgan fingerprint density at radius 1 is 0.967 bits per heavy atom. The molecule has 1 aromatic heterocycles. The lowest BCUT2D eigenvalue weighted by atomic mass is 10.2. The van der Waals surface area contributed by atoms with Crippen molar-refractivity contribution in [2.75, 3.05) is 16.5 Å². The van der Waals surface area contributed by atoms with Crippen LogP contribution in [0.3, 0.4) is 0 Å². The zero-order chi connectivity index (χ0) is 20.7. The molecule has 0 N–H and O–H groups in total. The summed E-state index contributed by atoms with van der Waals surface area (Å²) in [6.45, 7) is 2.71. The van der Waals surface area contributed by atoms with E-state index >= 15 is 0 Å². The van der Waals surface area contributed by atoms with Crippen LogP contribution in [0.2, 0.25) is 0 Å². The number of rotatable bonds is 3. The molecule has 0 atom stereocenters. The van der Waals surface area contributed by atoms with Crippen LogP contribution in [-0.4, -0.2) is 15.8 Å². The minimum Gasteiger partial charge on any atom is -0.332 e. The van der Waals surface area contributed by atoms with Crippen LogP contribution in [0.4, 0.5) is 11.4 Å². The standard InChI is InChI=1S/C21H15N3OS5/c1-2-23-15(20(26)28-21-16(23)19(25)29-30-21)18-24(14-11-7-4-8-12-14)22-17(27-18)13-9-5-3-6-10-13/h3-12H,2H2,1H3/b18-15+. The van der Waals surface area contributed by atoms with Crippen LogP contribution < -0.4 is 14.7 Å². The van der Waals surface area contributed by atoms with Crippen molar-refractivity contribution in [3.8, 4) is 0 Å². The fourth-order valence-corrected chi connectivity index (χ4v) is 8.68. The SMILES string of the molecule is CCN1/C(=C2/SC(c3ccccc3)=NN2c2ccccc2)C(=S)Sc2ssc(=O)c21. The predicted molar refractivity (Wildman–Crippen MR) is 136 cm³/mol. The molecule has 2 aliphatic heterocycles. The van der Waals surface area contributed by atoms with Gasteiger partial charge in [-0.3, -0.25) is 4.79 Å². The maximum atomic E-state index is 12.6. The first-order valence-corrected chi connectivity index (χ1v) is 13.4. The molecule has 2 aliphatic rings. The number of thiocarbonyl (C=S) groups is 1. The molecule has 9 heteroatoms. The van der Waals surface area contributed by atoms with Crippen molar-refractivity contribution in [2.24, 2.45) is 5.10 Å². The molecule has 0 saturated carbocycles. The Labute approximate surface area is 195 Å². The zero-order valence-corrected chi connectivity index (χ0v) is 19.9. The van der Waals surface area contributed by atoms with Gasteiger partial charge in [0.25, 0.3) is 4.74 Å². The largest absolute Gasteiger partial charge is 0.332 e. The van der Waals surface area contributed by atoms with Gasteiger partial charge in [0.1, 0.15) is 24.2 Å². The third-order valence-corrected chi connectivity index (χ3v) is 9.68. The highest BCUT2D eigenvalue weighted by Gasteiger charge is 2.36. The fraction of sp³-hybridized carbons (Fsp3) is 0.0952. The smallest absolute Gasteiger partial charge is 0.267 e. The minimum atomic E-state index is 0.0865. The van der Waals surface area contributed by atoms with E-state index in [4.69, 9.17) is 17.3 Å². The van der Waals surface area contributed by atoms with E-state index in [-0.39, 0.29) is 4.74 Å². The van der Waals surface area contributed by atoms with E-state index in [1.54, 1.807) is 11.8 Å². The maximum Gasteiger partial charge on any atom is 0.267 e. The molecule has 0 bridgehead atoms. The minimum absolute atomic E-state index is 0.0865. The van der Waals surface area contributed by atoms with Crippen LogP contribution >= 0.6 is 56.4 Å². The monoisotopic (exact) mass is 485 g/mol. The second kappa shape index (κ2) is 8.32. The number of benzene rings is 2. The summed E-state index contributed by atoms with van der Waals surface area (Å²) >= 11 is 8.94. The van der Waals surface area contributed by atoms with E-state index in [1.165, 1.54) is 32.4 Å². The van der Waals surface area contributed by atoms with Crippen molar-refractivity contribution < 1.29 is 0 Å². The van der Waals surface area contributed by atoms with Crippen LogP contribution in [0.15, 0.2) is 85.5 Å². The van der Waals surface area contributed by atoms with Gasteiger partial charge in [0, 0.05) is 12.1 Å². The van der Waals surface area contributed by atoms with E-state index in [0.29, 0.717) is 6.54 Å². The summed E-state index contributed by atoms with van der Waals surface area (Å²) in [6.07, 6.45) is 0. The predicted octanol–water partition coefficient (Wildman–Crippen LogP) is 6.21. The molecule has 150 valence electrons. The molecule has 3 aromatic rings. The maximum absolute atomic E-state index is 12.6. The van der Waals surface area contributed by atoms with Crippen LogP contribution in [-0.2, 0) is 0 Å². The lowest BCUT2D eigenvalue weighted by molar-refractivity contribution is 0.956. The number of hydrogen-bond acceptors (Lipinski definition) is 9. The van der Waals surface area contributed by atoms with Gasteiger partial charge in [-0.1, -0.05) is 82.9 Å². The quantitative estimate of drug-likeness (QED) is 0.249. The topological polar surface area (TPSA) is 35.9 Å². The van der Waals surface area contributed by atoms with Crippen molar-refractivity contribution in [3.63, 3.8) is 0 Å². The lowest BCUT2D eigenvalue weighted by Gasteiger charge is -2.32. The molecule has 0 unspecified atom stereocenters. The van der Waals surface area contributed by atoms with E-state index in [0.717, 1.165) is 41.1 Å². The summed E-state index contributed by atoms with van der Waals surface area (Å²) < 4.78 is 1.84. The molecule has 5 rings (SSSR count). The second-order valence-corrected chi connectivity index (χ2v) is 11.4. The summed E-state index contributed by atoms with van der Waals surface area (Å²) in [4.78, 5) is 14.7. The Hall–Kier alpha value is -1.91. The summed E-state index contributed by atoms with van der Waals surface area (Å²) in [5.74, 6) is 0. The fourth-order valence-electron chi connectivity index (χ4n) is 3.28. The van der Waals surface area contributed by atoms with E-state index in [9.17, 15) is 4.79 Å². The van der Waals surface area contributed by atoms with Crippen molar-refractivity contribution in [2.45, 2.75) is 11.1 Å².